The van der Waals surface area contributed by atoms with Gasteiger partial charge in [0.05, 0.1) is 7.11 Å². The normalized spacial score (nSPS) is 10.2. The van der Waals surface area contributed by atoms with E-state index in [0.717, 1.165) is 16.9 Å². The van der Waals surface area contributed by atoms with Crippen molar-refractivity contribution in [1.82, 2.24) is 4.98 Å². The van der Waals surface area contributed by atoms with Gasteiger partial charge < -0.3 is 10.1 Å². The van der Waals surface area contributed by atoms with E-state index >= 15 is 0 Å². The van der Waals surface area contributed by atoms with E-state index in [1.807, 2.05) is 25.1 Å². The predicted molar refractivity (Wildman–Crippen MR) is 69.3 cm³/mol. The molecule has 1 N–H and O–H groups in total. The highest BCUT2D eigenvalue weighted by Gasteiger charge is 2.03. The number of ether oxygens (including phenoxy) is 1. The number of halogens is 1. The molecule has 0 bridgehead atoms. The van der Waals surface area contributed by atoms with Gasteiger partial charge in [-0.2, -0.15) is 4.39 Å². The Labute approximate surface area is 106 Å². The lowest BCUT2D eigenvalue weighted by molar-refractivity contribution is 0.410. The van der Waals surface area contributed by atoms with Gasteiger partial charge in [0, 0.05) is 12.1 Å². The number of nitrogens with zero attached hydrogens (tertiary/aromatic N) is 1. The molecule has 94 valence electrons. The van der Waals surface area contributed by atoms with Crippen molar-refractivity contribution in [2.45, 2.75) is 13.5 Å². The van der Waals surface area contributed by atoms with E-state index in [4.69, 9.17) is 4.74 Å². The smallest absolute Gasteiger partial charge is 0.214 e. The van der Waals surface area contributed by atoms with Crippen molar-refractivity contribution in [2.24, 2.45) is 0 Å². The minimum Gasteiger partial charge on any atom is -0.496 e. The fourth-order valence-corrected chi connectivity index (χ4v) is 1.69. The molecule has 1 aromatic carbocycles. The van der Waals surface area contributed by atoms with Crippen LogP contribution in [0, 0.1) is 12.9 Å². The van der Waals surface area contributed by atoms with E-state index in [1.165, 1.54) is 6.07 Å². The van der Waals surface area contributed by atoms with E-state index in [1.54, 1.807) is 19.2 Å². The maximum absolute atomic E-state index is 12.9. The Hall–Kier alpha value is -2.10. The Bertz CT molecular complexity index is 543. The van der Waals surface area contributed by atoms with Crippen LogP contribution in [0.3, 0.4) is 0 Å². The SMILES string of the molecule is COc1cc(C)ccc1CNc1cccc(F)n1. The first kappa shape index (κ1) is 12.4. The molecule has 0 saturated heterocycles. The Morgan fingerprint density at radius 3 is 2.83 bits per heavy atom. The minimum atomic E-state index is -0.490. The van der Waals surface area contributed by atoms with Crippen LogP contribution in [0.2, 0.25) is 0 Å². The number of anilines is 1. The molecule has 0 unspecified atom stereocenters. The molecule has 0 aliphatic heterocycles. The third-order valence-electron chi connectivity index (χ3n) is 2.62. The summed E-state index contributed by atoms with van der Waals surface area (Å²) in [6, 6.07) is 10.6. The zero-order valence-corrected chi connectivity index (χ0v) is 10.4. The number of rotatable bonds is 4. The van der Waals surface area contributed by atoms with Crippen LogP contribution in [0.1, 0.15) is 11.1 Å². The second kappa shape index (κ2) is 5.49. The maximum Gasteiger partial charge on any atom is 0.214 e. The summed E-state index contributed by atoms with van der Waals surface area (Å²) < 4.78 is 18.2. The van der Waals surface area contributed by atoms with Crippen molar-refractivity contribution in [2.75, 3.05) is 12.4 Å². The molecule has 1 heterocycles. The first-order chi connectivity index (χ1) is 8.69. The summed E-state index contributed by atoms with van der Waals surface area (Å²) in [4.78, 5) is 3.74. The van der Waals surface area contributed by atoms with E-state index in [-0.39, 0.29) is 0 Å². The first-order valence-electron chi connectivity index (χ1n) is 5.69. The molecule has 1 aromatic heterocycles. The van der Waals surface area contributed by atoms with E-state index in [0.29, 0.717) is 12.4 Å². The number of pyridine rings is 1. The van der Waals surface area contributed by atoms with Crippen LogP contribution in [0.4, 0.5) is 10.2 Å². The van der Waals surface area contributed by atoms with Crippen molar-refractivity contribution in [1.29, 1.82) is 0 Å². The number of aryl methyl sites for hydroxylation is 1. The van der Waals surface area contributed by atoms with Gasteiger partial charge >= 0.3 is 0 Å². The maximum atomic E-state index is 12.9. The van der Waals surface area contributed by atoms with Crippen LogP contribution in [0.25, 0.3) is 0 Å². The molecule has 0 aliphatic carbocycles. The van der Waals surface area contributed by atoms with Crippen molar-refractivity contribution in [3.63, 3.8) is 0 Å². The third kappa shape index (κ3) is 2.97. The first-order valence-corrected chi connectivity index (χ1v) is 5.69. The zero-order valence-electron chi connectivity index (χ0n) is 10.4. The van der Waals surface area contributed by atoms with Gasteiger partial charge in [-0.05, 0) is 30.7 Å². The molecule has 0 saturated carbocycles. The summed E-state index contributed by atoms with van der Waals surface area (Å²) in [7, 11) is 1.64. The Morgan fingerprint density at radius 2 is 2.11 bits per heavy atom. The van der Waals surface area contributed by atoms with Crippen LogP contribution in [-0.4, -0.2) is 12.1 Å². The fraction of sp³-hybridized carbons (Fsp3) is 0.214. The average molecular weight is 246 g/mol. The monoisotopic (exact) mass is 246 g/mol. The number of hydrogen-bond donors (Lipinski definition) is 1. The highest BCUT2D eigenvalue weighted by molar-refractivity contribution is 5.41. The van der Waals surface area contributed by atoms with Crippen molar-refractivity contribution < 1.29 is 9.13 Å². The minimum absolute atomic E-state index is 0.490. The van der Waals surface area contributed by atoms with Crippen molar-refractivity contribution in [3.05, 3.63) is 53.5 Å². The molecule has 0 amide bonds. The number of benzene rings is 1. The summed E-state index contributed by atoms with van der Waals surface area (Å²) in [6.45, 7) is 2.55. The second-order valence-electron chi connectivity index (χ2n) is 4.01. The topological polar surface area (TPSA) is 34.1 Å². The molecule has 0 spiro atoms. The van der Waals surface area contributed by atoms with Gasteiger partial charge in [-0.1, -0.05) is 18.2 Å². The van der Waals surface area contributed by atoms with Gasteiger partial charge in [-0.25, -0.2) is 4.98 Å². The van der Waals surface area contributed by atoms with Crippen LogP contribution < -0.4 is 10.1 Å². The summed E-state index contributed by atoms with van der Waals surface area (Å²) in [5.41, 5.74) is 2.15. The molecule has 2 aromatic rings. The molecular formula is C14H15FN2O. The summed E-state index contributed by atoms with van der Waals surface area (Å²) in [5.74, 6) is 0.840. The largest absolute Gasteiger partial charge is 0.496 e. The molecule has 18 heavy (non-hydrogen) atoms. The molecule has 0 fully saturated rings. The van der Waals surface area contributed by atoms with Gasteiger partial charge in [0.25, 0.3) is 0 Å². The molecule has 0 atom stereocenters. The highest BCUT2D eigenvalue weighted by Crippen LogP contribution is 2.20. The molecule has 0 aliphatic rings. The van der Waals surface area contributed by atoms with Gasteiger partial charge in [-0.3, -0.25) is 0 Å². The number of methoxy groups -OCH3 is 1. The van der Waals surface area contributed by atoms with Gasteiger partial charge in [0.2, 0.25) is 5.95 Å². The Balaban J connectivity index is 2.10. The van der Waals surface area contributed by atoms with Crippen LogP contribution in [0.15, 0.2) is 36.4 Å². The summed E-state index contributed by atoms with van der Waals surface area (Å²) in [6.07, 6.45) is 0. The van der Waals surface area contributed by atoms with E-state index in [9.17, 15) is 4.39 Å². The van der Waals surface area contributed by atoms with Gasteiger partial charge in [0.15, 0.2) is 0 Å². The van der Waals surface area contributed by atoms with Crippen molar-refractivity contribution in [3.8, 4) is 5.75 Å². The predicted octanol–water partition coefficient (Wildman–Crippen LogP) is 3.15. The van der Waals surface area contributed by atoms with Crippen LogP contribution >= 0.6 is 0 Å². The van der Waals surface area contributed by atoms with E-state index in [2.05, 4.69) is 10.3 Å². The van der Waals surface area contributed by atoms with Crippen LogP contribution in [-0.2, 0) is 6.54 Å². The average Bonchev–Trinajstić information content (AvgIpc) is 2.37. The van der Waals surface area contributed by atoms with Gasteiger partial charge in [0.1, 0.15) is 11.6 Å². The Morgan fingerprint density at radius 1 is 1.28 bits per heavy atom. The lowest BCUT2D eigenvalue weighted by Crippen LogP contribution is -2.03. The summed E-state index contributed by atoms with van der Waals surface area (Å²) >= 11 is 0. The van der Waals surface area contributed by atoms with Gasteiger partial charge in [-0.15, -0.1) is 0 Å². The van der Waals surface area contributed by atoms with Crippen molar-refractivity contribution >= 4 is 5.82 Å². The molecule has 3 nitrogen and oxygen atoms in total. The standard InChI is InChI=1S/C14H15FN2O/c1-10-6-7-11(12(8-10)18-2)9-16-14-5-3-4-13(15)17-14/h3-8H,9H2,1-2H3,(H,16,17). The summed E-state index contributed by atoms with van der Waals surface area (Å²) in [5, 5.41) is 3.06. The quantitative estimate of drug-likeness (QED) is 0.841. The second-order valence-corrected chi connectivity index (χ2v) is 4.01. The van der Waals surface area contributed by atoms with E-state index < -0.39 is 5.95 Å². The molecule has 0 radical (unpaired) electrons. The lowest BCUT2D eigenvalue weighted by atomic mass is 10.1. The number of aromatic nitrogens is 1. The number of hydrogen-bond acceptors (Lipinski definition) is 3. The Kier molecular flexibility index (Phi) is 3.77. The number of nitrogens with one attached hydrogen (secondary N) is 1. The zero-order chi connectivity index (χ0) is 13.0. The lowest BCUT2D eigenvalue weighted by Gasteiger charge is -2.10. The third-order valence-corrected chi connectivity index (χ3v) is 2.62. The molecule has 4 heteroatoms. The molecular weight excluding hydrogens is 231 g/mol. The van der Waals surface area contributed by atoms with Crippen LogP contribution in [0.5, 0.6) is 5.75 Å². The molecule has 2 rings (SSSR count). The highest BCUT2D eigenvalue weighted by atomic mass is 19.1. The fourth-order valence-electron chi connectivity index (χ4n) is 1.69.